The molecule has 176 valence electrons. The highest BCUT2D eigenvalue weighted by Crippen LogP contribution is 2.36. The molecular weight excluding hydrogens is 470 g/mol. The van der Waals surface area contributed by atoms with Crippen molar-refractivity contribution >= 4 is 45.3 Å². The number of anilines is 1. The predicted octanol–water partition coefficient (Wildman–Crippen LogP) is 2.84. The van der Waals surface area contributed by atoms with E-state index in [1.807, 2.05) is 23.6 Å². The van der Waals surface area contributed by atoms with Crippen LogP contribution in [-0.2, 0) is 16.9 Å². The Balaban J connectivity index is 1.38. The van der Waals surface area contributed by atoms with Gasteiger partial charge >= 0.3 is 6.03 Å². The van der Waals surface area contributed by atoms with Crippen molar-refractivity contribution in [1.29, 1.82) is 0 Å². The summed E-state index contributed by atoms with van der Waals surface area (Å²) in [5.74, 6) is -0.0511. The molecule has 4 N–H and O–H groups in total. The fourth-order valence-electron chi connectivity index (χ4n) is 4.57. The highest BCUT2D eigenvalue weighted by Gasteiger charge is 2.53. The van der Waals surface area contributed by atoms with Gasteiger partial charge in [0.2, 0.25) is 0 Å². The van der Waals surface area contributed by atoms with E-state index in [-0.39, 0.29) is 18.2 Å². The number of aromatic nitrogens is 1. The third kappa shape index (κ3) is 3.31. The number of carbonyl (C=O) groups is 3. The molecule has 2 aromatic heterocycles. The van der Waals surface area contributed by atoms with E-state index < -0.39 is 17.5 Å². The standard InChI is InChI=1S/C24H19N5O5S/c1-33-15-4-2-13-9-29(20(30)16(13)8-15)11-24(21(31)27-23(32)28-24)19-7-14-6-12(3-5-18(14)34-19)17-10-35-22(25)26-17/h2-8,10H,9,11H2,1H3,(H2,25,26)(H2,27,28,31,32)/t24-/m0/s1. The van der Waals surface area contributed by atoms with E-state index in [0.29, 0.717) is 28.6 Å². The first-order chi connectivity index (χ1) is 16.9. The lowest BCUT2D eigenvalue weighted by atomic mass is 9.95. The molecule has 10 nitrogen and oxygen atoms in total. The number of nitrogens with one attached hydrogen (secondary N) is 2. The molecular formula is C24H19N5O5S. The molecule has 2 aliphatic rings. The summed E-state index contributed by atoms with van der Waals surface area (Å²) in [7, 11) is 1.53. The summed E-state index contributed by atoms with van der Waals surface area (Å²) < 4.78 is 11.3. The van der Waals surface area contributed by atoms with Crippen molar-refractivity contribution in [3.8, 4) is 17.0 Å². The molecule has 4 aromatic rings. The van der Waals surface area contributed by atoms with E-state index in [4.69, 9.17) is 14.9 Å². The molecule has 0 spiro atoms. The second kappa shape index (κ2) is 7.57. The number of nitrogen functional groups attached to an aromatic ring is 1. The zero-order chi connectivity index (χ0) is 24.3. The molecule has 0 saturated carbocycles. The minimum absolute atomic E-state index is 0.101. The number of nitrogens with zero attached hydrogens (tertiary/aromatic N) is 2. The summed E-state index contributed by atoms with van der Waals surface area (Å²) >= 11 is 1.34. The van der Waals surface area contributed by atoms with E-state index in [9.17, 15) is 14.4 Å². The molecule has 0 unspecified atom stereocenters. The van der Waals surface area contributed by atoms with Gasteiger partial charge in [0.25, 0.3) is 11.8 Å². The van der Waals surface area contributed by atoms with Crippen LogP contribution < -0.4 is 21.1 Å². The van der Waals surface area contributed by atoms with E-state index in [2.05, 4.69) is 15.6 Å². The maximum Gasteiger partial charge on any atom is 0.322 e. The fourth-order valence-corrected chi connectivity index (χ4v) is 5.14. The van der Waals surface area contributed by atoms with Gasteiger partial charge in [-0.05, 0) is 42.0 Å². The van der Waals surface area contributed by atoms with Gasteiger partial charge in [0.15, 0.2) is 10.7 Å². The molecule has 4 amide bonds. The van der Waals surface area contributed by atoms with Crippen LogP contribution in [0, 0.1) is 0 Å². The number of carbonyl (C=O) groups excluding carboxylic acids is 3. The molecule has 4 heterocycles. The molecule has 2 aliphatic heterocycles. The second-order valence-electron chi connectivity index (χ2n) is 8.43. The van der Waals surface area contributed by atoms with Crippen molar-refractivity contribution < 1.29 is 23.5 Å². The summed E-state index contributed by atoms with van der Waals surface area (Å²) in [5.41, 5.74) is 7.59. The Kier molecular flexibility index (Phi) is 4.58. The number of thiazole rings is 1. The minimum Gasteiger partial charge on any atom is -0.497 e. The second-order valence-corrected chi connectivity index (χ2v) is 9.32. The first-order valence-corrected chi connectivity index (χ1v) is 11.6. The number of urea groups is 1. The van der Waals surface area contributed by atoms with Gasteiger partial charge in [-0.2, -0.15) is 0 Å². The largest absolute Gasteiger partial charge is 0.497 e. The number of nitrogens with two attached hydrogens (primary N) is 1. The van der Waals surface area contributed by atoms with Crippen molar-refractivity contribution in [2.45, 2.75) is 12.1 Å². The van der Waals surface area contributed by atoms with Gasteiger partial charge in [0, 0.05) is 28.4 Å². The molecule has 6 rings (SSSR count). The van der Waals surface area contributed by atoms with Crippen molar-refractivity contribution in [3.05, 3.63) is 64.7 Å². The maximum atomic E-state index is 13.2. The SMILES string of the molecule is COc1ccc2c(c1)C(=O)N(C[C@@]1(c3cc4cc(-c5csc(N)n5)ccc4o3)NC(=O)NC1=O)C2. The Labute approximate surface area is 202 Å². The van der Waals surface area contributed by atoms with Crippen LogP contribution in [0.25, 0.3) is 22.2 Å². The van der Waals surface area contributed by atoms with Gasteiger partial charge in [0.05, 0.1) is 19.3 Å². The van der Waals surface area contributed by atoms with Crippen LogP contribution in [0.5, 0.6) is 5.75 Å². The lowest BCUT2D eigenvalue weighted by Gasteiger charge is -2.29. The molecule has 35 heavy (non-hydrogen) atoms. The summed E-state index contributed by atoms with van der Waals surface area (Å²) in [6.07, 6.45) is 0. The summed E-state index contributed by atoms with van der Waals surface area (Å²) in [5, 5.41) is 8.03. The Morgan fingerprint density at radius 1 is 1.20 bits per heavy atom. The molecule has 1 fully saturated rings. The normalized spacial score (nSPS) is 19.2. The lowest BCUT2D eigenvalue weighted by Crippen LogP contribution is -2.52. The number of amides is 4. The molecule has 0 bridgehead atoms. The number of ether oxygens (including phenoxy) is 1. The topological polar surface area (TPSA) is 140 Å². The zero-order valence-corrected chi connectivity index (χ0v) is 19.3. The Bertz CT molecular complexity index is 1540. The van der Waals surface area contributed by atoms with Crippen molar-refractivity contribution in [2.24, 2.45) is 0 Å². The predicted molar refractivity (Wildman–Crippen MR) is 128 cm³/mol. The van der Waals surface area contributed by atoms with Gasteiger partial charge in [-0.3, -0.25) is 14.9 Å². The Morgan fingerprint density at radius 3 is 2.77 bits per heavy atom. The lowest BCUT2D eigenvalue weighted by molar-refractivity contribution is -0.125. The van der Waals surface area contributed by atoms with Gasteiger partial charge in [-0.25, -0.2) is 9.78 Å². The number of methoxy groups -OCH3 is 1. The highest BCUT2D eigenvalue weighted by atomic mass is 32.1. The number of rotatable bonds is 5. The monoisotopic (exact) mass is 489 g/mol. The van der Waals surface area contributed by atoms with Crippen molar-refractivity contribution in [1.82, 2.24) is 20.5 Å². The molecule has 2 aromatic carbocycles. The number of hydrogen-bond acceptors (Lipinski definition) is 8. The molecule has 1 atom stereocenters. The van der Waals surface area contributed by atoms with Crippen LogP contribution in [0.15, 0.2) is 52.3 Å². The van der Waals surface area contributed by atoms with Crippen LogP contribution in [-0.4, -0.2) is 41.4 Å². The van der Waals surface area contributed by atoms with Crippen LogP contribution >= 0.6 is 11.3 Å². The Morgan fingerprint density at radius 2 is 2.06 bits per heavy atom. The quantitative estimate of drug-likeness (QED) is 0.366. The molecule has 0 radical (unpaired) electrons. The average Bonchev–Trinajstić information content (AvgIpc) is 3.60. The minimum atomic E-state index is -1.58. The number of imide groups is 1. The van der Waals surface area contributed by atoms with E-state index in [1.165, 1.54) is 23.3 Å². The van der Waals surface area contributed by atoms with Gasteiger partial charge < -0.3 is 25.1 Å². The summed E-state index contributed by atoms with van der Waals surface area (Å²) in [4.78, 5) is 44.3. The van der Waals surface area contributed by atoms with Gasteiger partial charge in [0.1, 0.15) is 17.1 Å². The number of fused-ring (bicyclic) bond motifs is 2. The number of furan rings is 1. The first-order valence-electron chi connectivity index (χ1n) is 10.7. The van der Waals surface area contributed by atoms with Crippen LogP contribution in [0.3, 0.4) is 0 Å². The van der Waals surface area contributed by atoms with Crippen molar-refractivity contribution in [2.75, 3.05) is 19.4 Å². The number of hydrogen-bond donors (Lipinski definition) is 3. The summed E-state index contributed by atoms with van der Waals surface area (Å²) in [6, 6.07) is 11.8. The molecule has 0 aliphatic carbocycles. The van der Waals surface area contributed by atoms with Crippen LogP contribution in [0.1, 0.15) is 21.7 Å². The van der Waals surface area contributed by atoms with E-state index in [1.54, 1.807) is 24.3 Å². The number of benzene rings is 2. The fraction of sp³-hybridized carbons (Fsp3) is 0.167. The van der Waals surface area contributed by atoms with Crippen LogP contribution in [0.2, 0.25) is 0 Å². The Hall–Kier alpha value is -4.38. The highest BCUT2D eigenvalue weighted by molar-refractivity contribution is 7.13. The van der Waals surface area contributed by atoms with Crippen LogP contribution in [0.4, 0.5) is 9.93 Å². The summed E-state index contributed by atoms with van der Waals surface area (Å²) in [6.45, 7) is 0.189. The third-order valence-corrected chi connectivity index (χ3v) is 6.99. The van der Waals surface area contributed by atoms with Crippen molar-refractivity contribution in [3.63, 3.8) is 0 Å². The maximum absolute atomic E-state index is 13.2. The smallest absolute Gasteiger partial charge is 0.322 e. The molecule has 11 heteroatoms. The average molecular weight is 490 g/mol. The zero-order valence-electron chi connectivity index (χ0n) is 18.5. The molecule has 1 saturated heterocycles. The van der Waals surface area contributed by atoms with E-state index >= 15 is 0 Å². The van der Waals surface area contributed by atoms with E-state index in [0.717, 1.165) is 22.2 Å². The van der Waals surface area contributed by atoms with Gasteiger partial charge in [-0.1, -0.05) is 6.07 Å². The third-order valence-electron chi connectivity index (χ3n) is 6.32. The first kappa shape index (κ1) is 21.2. The van der Waals surface area contributed by atoms with Gasteiger partial charge in [-0.15, -0.1) is 11.3 Å².